The van der Waals surface area contributed by atoms with Crippen LogP contribution in [0.1, 0.15) is 89.2 Å². The first-order chi connectivity index (χ1) is 18.8. The Labute approximate surface area is 236 Å². The Balaban J connectivity index is 1.61. The molecule has 8 heteroatoms. The van der Waals surface area contributed by atoms with E-state index in [0.29, 0.717) is 31.7 Å². The first-order valence-electron chi connectivity index (χ1n) is 14.6. The summed E-state index contributed by atoms with van der Waals surface area (Å²) in [7, 11) is -2.58. The van der Waals surface area contributed by atoms with Crippen LogP contribution in [0, 0.1) is 0 Å². The van der Waals surface area contributed by atoms with Gasteiger partial charge in [0.25, 0.3) is 0 Å². The molecule has 0 radical (unpaired) electrons. The second kappa shape index (κ2) is 15.4. The van der Waals surface area contributed by atoms with Crippen LogP contribution in [0.4, 0.5) is 0 Å². The van der Waals surface area contributed by atoms with Gasteiger partial charge in [0.2, 0.25) is 6.33 Å². The van der Waals surface area contributed by atoms with E-state index < -0.39 is 8.80 Å². The van der Waals surface area contributed by atoms with Crippen LogP contribution in [0.15, 0.2) is 55.1 Å². The van der Waals surface area contributed by atoms with Crippen molar-refractivity contribution in [1.82, 2.24) is 14.9 Å². The van der Waals surface area contributed by atoms with Crippen LogP contribution in [0.5, 0.6) is 0 Å². The lowest BCUT2D eigenvalue weighted by Gasteiger charge is -2.28. The van der Waals surface area contributed by atoms with E-state index >= 15 is 0 Å². The van der Waals surface area contributed by atoms with Gasteiger partial charge >= 0.3 is 8.80 Å². The molecule has 3 rings (SSSR count). The third kappa shape index (κ3) is 8.81. The van der Waals surface area contributed by atoms with Gasteiger partial charge in [-0.2, -0.15) is 0 Å². The lowest BCUT2D eigenvalue weighted by atomic mass is 9.92. The zero-order chi connectivity index (χ0) is 28.3. The van der Waals surface area contributed by atoms with Crippen LogP contribution in [-0.4, -0.2) is 44.7 Å². The number of hydrogen-bond acceptors (Lipinski definition) is 5. The number of nitrogens with zero attached hydrogens (tertiary/aromatic N) is 3. The van der Waals surface area contributed by atoms with Crippen molar-refractivity contribution in [3.63, 3.8) is 0 Å². The minimum Gasteiger partial charge on any atom is -0.374 e. The van der Waals surface area contributed by atoms with Crippen LogP contribution in [0.25, 0.3) is 5.69 Å². The van der Waals surface area contributed by atoms with E-state index in [2.05, 4.69) is 97.3 Å². The molecule has 0 amide bonds. The number of imidazole rings is 1. The SMILES string of the molecule is CCO[Si](CCCNCc1cccc(C[n+]2ccn(-c3c(C(C)C)cccc3C(C)C)c2)n1)(OCC)OCC. The van der Waals surface area contributed by atoms with Crippen molar-refractivity contribution in [2.45, 2.75) is 85.9 Å². The van der Waals surface area contributed by atoms with Gasteiger partial charge in [0.05, 0.1) is 11.4 Å². The van der Waals surface area contributed by atoms with E-state index in [1.807, 2.05) is 20.8 Å². The molecule has 0 aliphatic rings. The van der Waals surface area contributed by atoms with E-state index in [9.17, 15) is 0 Å². The number of aromatic nitrogens is 3. The number of rotatable bonds is 17. The summed E-state index contributed by atoms with van der Waals surface area (Å²) in [5.41, 5.74) is 6.14. The van der Waals surface area contributed by atoms with Crippen LogP contribution in [-0.2, 0) is 26.4 Å². The summed E-state index contributed by atoms with van der Waals surface area (Å²) in [6.07, 6.45) is 7.42. The second-order valence-corrected chi connectivity index (χ2v) is 13.2. The molecule has 7 nitrogen and oxygen atoms in total. The van der Waals surface area contributed by atoms with Crippen molar-refractivity contribution < 1.29 is 17.8 Å². The molecule has 214 valence electrons. The maximum Gasteiger partial charge on any atom is 0.500 e. The monoisotopic (exact) mass is 553 g/mol. The Morgan fingerprint density at radius 3 is 2.05 bits per heavy atom. The van der Waals surface area contributed by atoms with Crippen molar-refractivity contribution in [2.75, 3.05) is 26.4 Å². The minimum absolute atomic E-state index is 0.455. The first kappa shape index (κ1) is 31.2. The molecule has 2 heterocycles. The predicted octanol–water partition coefficient (Wildman–Crippen LogP) is 5.98. The quantitative estimate of drug-likeness (QED) is 0.127. The average molecular weight is 554 g/mol. The normalized spacial score (nSPS) is 12.1. The molecule has 0 spiro atoms. The number of benzene rings is 1. The molecule has 0 saturated carbocycles. The molecule has 0 bridgehead atoms. The zero-order valence-corrected chi connectivity index (χ0v) is 26.1. The number of pyridine rings is 1. The van der Waals surface area contributed by atoms with Crippen LogP contribution < -0.4 is 9.88 Å². The van der Waals surface area contributed by atoms with Crippen molar-refractivity contribution >= 4 is 8.80 Å². The highest BCUT2D eigenvalue weighted by Crippen LogP contribution is 2.30. The van der Waals surface area contributed by atoms with Crippen molar-refractivity contribution in [2.24, 2.45) is 0 Å². The number of para-hydroxylation sites is 1. The van der Waals surface area contributed by atoms with Gasteiger partial charge < -0.3 is 18.6 Å². The van der Waals surface area contributed by atoms with Gasteiger partial charge in [-0.05, 0) is 57.7 Å². The predicted molar refractivity (Wildman–Crippen MR) is 159 cm³/mol. The van der Waals surface area contributed by atoms with Crippen molar-refractivity contribution in [3.05, 3.63) is 77.6 Å². The van der Waals surface area contributed by atoms with Gasteiger partial charge in [-0.3, -0.25) is 4.98 Å². The van der Waals surface area contributed by atoms with E-state index in [4.69, 9.17) is 18.3 Å². The maximum absolute atomic E-state index is 5.96. The summed E-state index contributed by atoms with van der Waals surface area (Å²) in [5, 5.41) is 3.53. The highest BCUT2D eigenvalue weighted by atomic mass is 28.4. The Bertz CT molecular complexity index is 1110. The molecule has 0 saturated heterocycles. The minimum atomic E-state index is -2.58. The highest BCUT2D eigenvalue weighted by Gasteiger charge is 2.39. The summed E-state index contributed by atoms with van der Waals surface area (Å²) >= 11 is 0. The molecule has 3 aromatic rings. The third-order valence-electron chi connectivity index (χ3n) is 6.74. The highest BCUT2D eigenvalue weighted by molar-refractivity contribution is 6.60. The van der Waals surface area contributed by atoms with Crippen LogP contribution in [0.3, 0.4) is 0 Å². The summed E-state index contributed by atoms with van der Waals surface area (Å²) < 4.78 is 22.4. The fourth-order valence-electron chi connectivity index (χ4n) is 4.98. The largest absolute Gasteiger partial charge is 0.500 e. The number of hydrogen-bond donors (Lipinski definition) is 1. The Morgan fingerprint density at radius 1 is 0.872 bits per heavy atom. The molecule has 1 N–H and O–H groups in total. The van der Waals surface area contributed by atoms with Gasteiger partial charge in [0.15, 0.2) is 0 Å². The Morgan fingerprint density at radius 2 is 1.46 bits per heavy atom. The molecule has 39 heavy (non-hydrogen) atoms. The molecular weight excluding hydrogens is 504 g/mol. The molecular formula is C31H49N4O3Si+. The van der Waals surface area contributed by atoms with E-state index in [0.717, 1.165) is 43.5 Å². The Hall–Kier alpha value is -2.36. The molecule has 0 aliphatic heterocycles. The number of nitrogens with one attached hydrogen (secondary N) is 1. The van der Waals surface area contributed by atoms with E-state index in [1.165, 1.54) is 16.8 Å². The average Bonchev–Trinajstić information content (AvgIpc) is 3.36. The van der Waals surface area contributed by atoms with Crippen molar-refractivity contribution in [3.8, 4) is 5.69 Å². The lowest BCUT2D eigenvalue weighted by molar-refractivity contribution is -0.688. The van der Waals surface area contributed by atoms with Gasteiger partial charge in [0.1, 0.15) is 24.6 Å². The van der Waals surface area contributed by atoms with Crippen LogP contribution in [0.2, 0.25) is 6.04 Å². The topological polar surface area (TPSA) is 61.4 Å². The molecule has 0 fully saturated rings. The molecule has 0 aliphatic carbocycles. The summed E-state index contributed by atoms with van der Waals surface area (Å²) in [5.74, 6) is 0.911. The van der Waals surface area contributed by atoms with Gasteiger partial charge in [-0.1, -0.05) is 52.0 Å². The smallest absolute Gasteiger partial charge is 0.374 e. The van der Waals surface area contributed by atoms with Crippen molar-refractivity contribution in [1.29, 1.82) is 0 Å². The first-order valence-corrected chi connectivity index (χ1v) is 16.5. The summed E-state index contributed by atoms with van der Waals surface area (Å²) in [6.45, 7) is 19.2. The molecule has 2 aromatic heterocycles. The van der Waals surface area contributed by atoms with Gasteiger partial charge in [-0.15, -0.1) is 0 Å². The fraction of sp³-hybridized carbons (Fsp3) is 0.548. The second-order valence-electron chi connectivity index (χ2n) is 10.5. The standard InChI is InChI=1S/C31H49N4O3Si/c1-8-36-39(37-9-2,38-10-3)21-13-18-32-22-27-14-11-15-28(33-27)23-34-19-20-35(24-34)31-29(25(4)5)16-12-17-30(31)26(6)7/h11-12,14-17,19-20,24-26,32H,8-10,13,18,21-23H2,1-7H3/q+1. The summed E-state index contributed by atoms with van der Waals surface area (Å²) in [4.78, 5) is 4.92. The maximum atomic E-state index is 5.96. The molecule has 1 aromatic carbocycles. The van der Waals surface area contributed by atoms with E-state index in [1.54, 1.807) is 0 Å². The fourth-order valence-corrected chi connectivity index (χ4v) is 7.59. The molecule has 0 atom stereocenters. The molecule has 0 unspecified atom stereocenters. The zero-order valence-electron chi connectivity index (χ0n) is 25.1. The van der Waals surface area contributed by atoms with Gasteiger partial charge in [-0.25, -0.2) is 9.13 Å². The third-order valence-corrected chi connectivity index (χ3v) is 9.89. The Kier molecular flexibility index (Phi) is 12.3. The van der Waals surface area contributed by atoms with Crippen LogP contribution >= 0.6 is 0 Å². The van der Waals surface area contributed by atoms with E-state index in [-0.39, 0.29) is 0 Å². The van der Waals surface area contributed by atoms with Gasteiger partial charge in [0, 0.05) is 43.5 Å². The lowest BCUT2D eigenvalue weighted by Crippen LogP contribution is -2.46. The summed E-state index contributed by atoms with van der Waals surface area (Å²) in [6, 6.07) is 13.8.